The monoisotopic (exact) mass is 300 g/mol. The maximum absolute atomic E-state index is 11.8. The van der Waals surface area contributed by atoms with Crippen molar-refractivity contribution in [1.82, 2.24) is 5.32 Å². The van der Waals surface area contributed by atoms with Gasteiger partial charge in [-0.05, 0) is 50.1 Å². The van der Waals surface area contributed by atoms with Gasteiger partial charge < -0.3 is 15.8 Å². The molecule has 0 saturated carbocycles. The van der Waals surface area contributed by atoms with E-state index in [1.165, 1.54) is 5.39 Å². The minimum absolute atomic E-state index is 0.226. The Kier molecular flexibility index (Phi) is 4.71. The summed E-state index contributed by atoms with van der Waals surface area (Å²) in [4.78, 5) is 11.8. The van der Waals surface area contributed by atoms with Crippen molar-refractivity contribution in [3.63, 3.8) is 0 Å². The normalized spacial score (nSPS) is 14.4. The zero-order valence-corrected chi connectivity index (χ0v) is 13.6. The van der Waals surface area contributed by atoms with Gasteiger partial charge in [0.25, 0.3) is 0 Å². The summed E-state index contributed by atoms with van der Waals surface area (Å²) in [6.07, 6.45) is -0.448. The van der Waals surface area contributed by atoms with Crippen LogP contribution in [0.3, 0.4) is 0 Å². The van der Waals surface area contributed by atoms with Gasteiger partial charge in [-0.3, -0.25) is 0 Å². The second kappa shape index (κ2) is 6.36. The van der Waals surface area contributed by atoms with E-state index in [0.717, 1.165) is 10.9 Å². The first-order valence-electron chi connectivity index (χ1n) is 7.50. The third kappa shape index (κ3) is 4.21. The van der Waals surface area contributed by atoms with Crippen LogP contribution < -0.4 is 11.1 Å². The van der Waals surface area contributed by atoms with E-state index in [2.05, 4.69) is 23.5 Å². The highest BCUT2D eigenvalue weighted by molar-refractivity contribution is 5.83. The van der Waals surface area contributed by atoms with E-state index in [0.29, 0.717) is 0 Å². The third-order valence-corrected chi connectivity index (χ3v) is 3.44. The highest BCUT2D eigenvalue weighted by Crippen LogP contribution is 2.21. The van der Waals surface area contributed by atoms with Crippen molar-refractivity contribution in [3.05, 3.63) is 48.0 Å². The molecule has 118 valence electrons. The summed E-state index contributed by atoms with van der Waals surface area (Å²) in [5, 5.41) is 5.11. The first-order valence-corrected chi connectivity index (χ1v) is 7.50. The fourth-order valence-electron chi connectivity index (χ4n) is 2.29. The van der Waals surface area contributed by atoms with E-state index in [4.69, 9.17) is 10.5 Å². The number of rotatable bonds is 3. The average Bonchev–Trinajstić information content (AvgIpc) is 2.43. The third-order valence-electron chi connectivity index (χ3n) is 3.44. The lowest BCUT2D eigenvalue weighted by molar-refractivity contribution is 0.0501. The lowest BCUT2D eigenvalue weighted by atomic mass is 9.98. The van der Waals surface area contributed by atoms with Gasteiger partial charge in [-0.2, -0.15) is 0 Å². The van der Waals surface area contributed by atoms with Crippen LogP contribution in [0.15, 0.2) is 42.5 Å². The van der Waals surface area contributed by atoms with E-state index in [1.54, 1.807) is 0 Å². The Labute approximate surface area is 131 Å². The molecule has 2 unspecified atom stereocenters. The van der Waals surface area contributed by atoms with Crippen molar-refractivity contribution in [2.24, 2.45) is 5.73 Å². The Balaban J connectivity index is 2.08. The number of carbonyl (C=O) groups excluding carboxylic acids is 1. The number of ether oxygens (including phenoxy) is 1. The molecule has 0 aliphatic rings. The van der Waals surface area contributed by atoms with Crippen LogP contribution in [0.5, 0.6) is 0 Å². The average molecular weight is 300 g/mol. The van der Waals surface area contributed by atoms with Crippen LogP contribution in [-0.2, 0) is 4.74 Å². The molecule has 22 heavy (non-hydrogen) atoms. The van der Waals surface area contributed by atoms with Crippen molar-refractivity contribution < 1.29 is 9.53 Å². The van der Waals surface area contributed by atoms with Gasteiger partial charge in [0.05, 0.1) is 0 Å². The lowest BCUT2D eigenvalue weighted by Gasteiger charge is -2.25. The second-order valence-corrected chi connectivity index (χ2v) is 6.57. The van der Waals surface area contributed by atoms with Crippen LogP contribution in [0.1, 0.15) is 39.3 Å². The van der Waals surface area contributed by atoms with Crippen molar-refractivity contribution in [3.8, 4) is 0 Å². The quantitative estimate of drug-likeness (QED) is 0.907. The largest absolute Gasteiger partial charge is 0.444 e. The Morgan fingerprint density at radius 3 is 2.41 bits per heavy atom. The number of hydrogen-bond acceptors (Lipinski definition) is 3. The van der Waals surface area contributed by atoms with Gasteiger partial charge in [-0.25, -0.2) is 4.79 Å². The number of carbonyl (C=O) groups is 1. The fourth-order valence-corrected chi connectivity index (χ4v) is 2.29. The molecule has 2 aromatic rings. The summed E-state index contributed by atoms with van der Waals surface area (Å²) in [7, 11) is 0. The van der Waals surface area contributed by atoms with Crippen molar-refractivity contribution in [2.45, 2.75) is 45.4 Å². The molecule has 2 rings (SSSR count). The molecule has 4 heteroatoms. The van der Waals surface area contributed by atoms with Gasteiger partial charge in [0, 0.05) is 12.1 Å². The summed E-state index contributed by atoms with van der Waals surface area (Å²) in [5.74, 6) is 0. The van der Waals surface area contributed by atoms with Crippen LogP contribution >= 0.6 is 0 Å². The smallest absolute Gasteiger partial charge is 0.407 e. The van der Waals surface area contributed by atoms with E-state index < -0.39 is 11.7 Å². The van der Waals surface area contributed by atoms with Crippen molar-refractivity contribution in [1.29, 1.82) is 0 Å². The van der Waals surface area contributed by atoms with Crippen LogP contribution in [-0.4, -0.2) is 17.7 Å². The van der Waals surface area contributed by atoms with Gasteiger partial charge in [0.15, 0.2) is 0 Å². The molecule has 0 radical (unpaired) electrons. The Morgan fingerprint density at radius 1 is 1.14 bits per heavy atom. The number of nitrogens with one attached hydrogen (secondary N) is 1. The van der Waals surface area contributed by atoms with Gasteiger partial charge >= 0.3 is 6.09 Å². The predicted octanol–water partition coefficient (Wildman–Crippen LogP) is 3.75. The molecule has 0 fully saturated rings. The summed E-state index contributed by atoms with van der Waals surface area (Å²) >= 11 is 0. The molecule has 0 aromatic heterocycles. The highest BCUT2D eigenvalue weighted by atomic mass is 16.6. The maximum atomic E-state index is 11.8. The highest BCUT2D eigenvalue weighted by Gasteiger charge is 2.21. The molecule has 3 N–H and O–H groups in total. The predicted molar refractivity (Wildman–Crippen MR) is 89.7 cm³/mol. The number of hydrogen-bond donors (Lipinski definition) is 2. The number of alkyl carbamates (subject to hydrolysis) is 1. The van der Waals surface area contributed by atoms with Gasteiger partial charge in [-0.15, -0.1) is 0 Å². The zero-order valence-electron chi connectivity index (χ0n) is 13.6. The Hall–Kier alpha value is -2.07. The first kappa shape index (κ1) is 16.3. The molecule has 0 bridgehead atoms. The van der Waals surface area contributed by atoms with E-state index >= 15 is 0 Å². The summed E-state index contributed by atoms with van der Waals surface area (Å²) in [5.41, 5.74) is 6.74. The minimum atomic E-state index is -0.517. The molecule has 4 nitrogen and oxygen atoms in total. The molecular formula is C18H24N2O2. The van der Waals surface area contributed by atoms with E-state index in [9.17, 15) is 4.79 Å². The number of amides is 1. The molecule has 0 aliphatic heterocycles. The van der Waals surface area contributed by atoms with Crippen molar-refractivity contribution in [2.75, 3.05) is 0 Å². The molecule has 2 aromatic carbocycles. The number of fused-ring (bicyclic) bond motifs is 1. The minimum Gasteiger partial charge on any atom is -0.444 e. The zero-order chi connectivity index (χ0) is 16.3. The topological polar surface area (TPSA) is 64.3 Å². The SMILES string of the molecule is CC(NC(=O)OC(C)(C)C)C(N)c1ccc2ccccc2c1. The molecule has 0 spiro atoms. The summed E-state index contributed by atoms with van der Waals surface area (Å²) < 4.78 is 5.26. The van der Waals surface area contributed by atoms with Gasteiger partial charge in [0.2, 0.25) is 0 Å². The Bertz CT molecular complexity index is 661. The molecule has 0 heterocycles. The van der Waals surface area contributed by atoms with Gasteiger partial charge in [-0.1, -0.05) is 36.4 Å². The van der Waals surface area contributed by atoms with Crippen molar-refractivity contribution >= 4 is 16.9 Å². The van der Waals surface area contributed by atoms with E-state index in [-0.39, 0.29) is 12.1 Å². The Morgan fingerprint density at radius 2 is 1.77 bits per heavy atom. The van der Waals surface area contributed by atoms with Gasteiger partial charge in [0.1, 0.15) is 5.60 Å². The molecular weight excluding hydrogens is 276 g/mol. The molecule has 0 aliphatic carbocycles. The fraction of sp³-hybridized carbons (Fsp3) is 0.389. The van der Waals surface area contributed by atoms with Crippen LogP contribution in [0.25, 0.3) is 10.8 Å². The van der Waals surface area contributed by atoms with Crippen LogP contribution in [0.4, 0.5) is 4.79 Å². The second-order valence-electron chi connectivity index (χ2n) is 6.57. The molecule has 0 saturated heterocycles. The summed E-state index contributed by atoms with van der Waals surface area (Å²) in [6.45, 7) is 7.38. The number of benzene rings is 2. The van der Waals surface area contributed by atoms with Crippen LogP contribution in [0.2, 0.25) is 0 Å². The lowest BCUT2D eigenvalue weighted by Crippen LogP contribution is -2.43. The summed E-state index contributed by atoms with van der Waals surface area (Å²) in [6, 6.07) is 13.7. The van der Waals surface area contributed by atoms with Crippen LogP contribution in [0, 0.1) is 0 Å². The first-order chi connectivity index (χ1) is 10.3. The van der Waals surface area contributed by atoms with E-state index in [1.807, 2.05) is 52.0 Å². The molecule has 2 atom stereocenters. The number of nitrogens with two attached hydrogens (primary N) is 1. The maximum Gasteiger partial charge on any atom is 0.407 e. The standard InChI is InChI=1S/C18H24N2O2/c1-12(20-17(21)22-18(2,3)4)16(19)15-10-9-13-7-5-6-8-14(13)11-15/h5-12,16H,19H2,1-4H3,(H,20,21). The molecule has 1 amide bonds.